The zero-order valence-corrected chi connectivity index (χ0v) is 27.6. The first-order valence-electron chi connectivity index (χ1n) is 16.0. The number of hydrogen-bond donors (Lipinski definition) is 3. The number of rotatable bonds is 8. The van der Waals surface area contributed by atoms with Crippen molar-refractivity contribution < 1.29 is 22.8 Å². The summed E-state index contributed by atoms with van der Waals surface area (Å²) in [5.41, 5.74) is 6.31. The number of nitrogens with zero attached hydrogens (tertiary/aromatic N) is 2. The van der Waals surface area contributed by atoms with Crippen LogP contribution in [-0.2, 0) is 27.8 Å². The summed E-state index contributed by atoms with van der Waals surface area (Å²) in [7, 11) is -3.74. The molecule has 0 atom stereocenters. The van der Waals surface area contributed by atoms with Gasteiger partial charge in [0.1, 0.15) is 5.00 Å². The van der Waals surface area contributed by atoms with Crippen molar-refractivity contribution in [1.82, 2.24) is 20.1 Å². The fourth-order valence-electron chi connectivity index (χ4n) is 6.84. The number of amides is 3. The van der Waals surface area contributed by atoms with Crippen LogP contribution in [0.5, 0.6) is 0 Å². The van der Waals surface area contributed by atoms with Gasteiger partial charge in [-0.3, -0.25) is 30.1 Å². The van der Waals surface area contributed by atoms with E-state index >= 15 is 0 Å². The van der Waals surface area contributed by atoms with Crippen LogP contribution in [0.1, 0.15) is 116 Å². The molecule has 3 aliphatic rings. The Hall–Kier alpha value is -2.80. The highest BCUT2D eigenvalue weighted by Crippen LogP contribution is 2.38. The molecule has 12 heteroatoms. The third-order valence-electron chi connectivity index (χ3n) is 9.18. The van der Waals surface area contributed by atoms with Gasteiger partial charge >= 0.3 is 0 Å². The van der Waals surface area contributed by atoms with E-state index in [1.807, 2.05) is 4.31 Å². The molecule has 1 aliphatic heterocycles. The van der Waals surface area contributed by atoms with E-state index in [9.17, 15) is 22.8 Å². The minimum atomic E-state index is -3.74. The number of carbonyl (C=O) groups excluding carboxylic acids is 3. The van der Waals surface area contributed by atoms with Crippen LogP contribution in [-0.4, -0.2) is 60.0 Å². The normalized spacial score (nSPS) is 18.7. The Morgan fingerprint density at radius 2 is 1.48 bits per heavy atom. The summed E-state index contributed by atoms with van der Waals surface area (Å²) in [6, 6.07) is 6.56. The molecule has 240 valence electrons. The largest absolute Gasteiger partial charge is 0.313 e. The molecule has 0 bridgehead atoms. The SMILES string of the molecule is CC(=O)NNC(=O)c1c(NC(=O)c2ccc(S(=O)(=O)N(C3CCCCC3)C3CCCCC3)cc2)sc2c1CCN(C(C)C)C2. The Morgan fingerprint density at radius 3 is 2.02 bits per heavy atom. The second-order valence-corrected chi connectivity index (χ2v) is 15.5. The van der Waals surface area contributed by atoms with Crippen molar-refractivity contribution >= 4 is 44.1 Å². The molecule has 2 saturated carbocycles. The highest BCUT2D eigenvalue weighted by molar-refractivity contribution is 7.89. The number of carbonyl (C=O) groups is 3. The second-order valence-electron chi connectivity index (χ2n) is 12.6. The maximum absolute atomic E-state index is 14.1. The van der Waals surface area contributed by atoms with Crippen LogP contribution in [0.3, 0.4) is 0 Å². The molecule has 3 N–H and O–H groups in total. The van der Waals surface area contributed by atoms with Gasteiger partial charge in [0.25, 0.3) is 11.8 Å². The van der Waals surface area contributed by atoms with Crippen LogP contribution in [0.4, 0.5) is 5.00 Å². The Bertz CT molecular complexity index is 1440. The molecule has 2 heterocycles. The highest BCUT2D eigenvalue weighted by Gasteiger charge is 2.38. The summed E-state index contributed by atoms with van der Waals surface area (Å²) in [5.74, 6) is -1.32. The summed E-state index contributed by atoms with van der Waals surface area (Å²) < 4.78 is 30.0. The van der Waals surface area contributed by atoms with E-state index in [0.29, 0.717) is 35.1 Å². The molecule has 2 aromatic rings. The van der Waals surface area contributed by atoms with Crippen LogP contribution in [0, 0.1) is 0 Å². The first-order valence-corrected chi connectivity index (χ1v) is 18.2. The second kappa shape index (κ2) is 14.1. The van der Waals surface area contributed by atoms with Gasteiger partial charge in [-0.05, 0) is 75.8 Å². The standard InChI is InChI=1S/C32H45N5O5S2/c1-21(2)36-19-18-27-28(20-36)43-32(29(27)31(40)35-34-22(3)38)33-30(39)23-14-16-26(17-15-23)44(41,42)37(24-10-6-4-7-11-24)25-12-8-5-9-13-25/h14-17,21,24-25H,4-13,18-20H2,1-3H3,(H,33,39)(H,34,38)(H,35,40). The molecule has 10 nitrogen and oxygen atoms in total. The minimum absolute atomic E-state index is 0.0263. The number of hydrogen-bond acceptors (Lipinski definition) is 7. The van der Waals surface area contributed by atoms with E-state index in [1.165, 1.54) is 30.4 Å². The molecule has 44 heavy (non-hydrogen) atoms. The molecule has 2 fully saturated rings. The van der Waals surface area contributed by atoms with Crippen LogP contribution >= 0.6 is 11.3 Å². The van der Waals surface area contributed by atoms with E-state index in [1.54, 1.807) is 12.1 Å². The fraction of sp³-hybridized carbons (Fsp3) is 0.594. The monoisotopic (exact) mass is 643 g/mol. The van der Waals surface area contributed by atoms with E-state index in [-0.39, 0.29) is 17.0 Å². The Balaban J connectivity index is 1.38. The van der Waals surface area contributed by atoms with Gasteiger partial charge in [0.05, 0.1) is 10.5 Å². The Kier molecular flexibility index (Phi) is 10.4. The number of benzene rings is 1. The van der Waals surface area contributed by atoms with E-state index in [0.717, 1.165) is 81.2 Å². The summed E-state index contributed by atoms with van der Waals surface area (Å²) in [6.07, 6.45) is 10.7. The summed E-state index contributed by atoms with van der Waals surface area (Å²) in [6.45, 7) is 7.00. The van der Waals surface area contributed by atoms with Crippen molar-refractivity contribution in [3.63, 3.8) is 0 Å². The zero-order valence-electron chi connectivity index (χ0n) is 26.0. The Labute approximate surface area is 265 Å². The number of thiophene rings is 1. The van der Waals surface area contributed by atoms with Crippen molar-refractivity contribution in [3.05, 3.63) is 45.8 Å². The minimum Gasteiger partial charge on any atom is -0.313 e. The highest BCUT2D eigenvalue weighted by atomic mass is 32.2. The summed E-state index contributed by atoms with van der Waals surface area (Å²) in [4.78, 5) is 41.6. The molecule has 0 unspecified atom stereocenters. The van der Waals surface area contributed by atoms with Crippen LogP contribution < -0.4 is 16.2 Å². The lowest BCUT2D eigenvalue weighted by Gasteiger charge is -2.40. The van der Waals surface area contributed by atoms with E-state index in [4.69, 9.17) is 0 Å². The van der Waals surface area contributed by atoms with Gasteiger partial charge in [-0.1, -0.05) is 38.5 Å². The maximum atomic E-state index is 14.1. The molecule has 3 amide bonds. The van der Waals surface area contributed by atoms with Gasteiger partial charge in [0.15, 0.2) is 0 Å². The topological polar surface area (TPSA) is 128 Å². The molecule has 0 spiro atoms. The lowest BCUT2D eigenvalue weighted by molar-refractivity contribution is -0.119. The van der Waals surface area contributed by atoms with Crippen molar-refractivity contribution in [2.75, 3.05) is 11.9 Å². The third kappa shape index (κ3) is 7.19. The predicted molar refractivity (Wildman–Crippen MR) is 172 cm³/mol. The lowest BCUT2D eigenvalue weighted by Crippen LogP contribution is -2.48. The number of nitrogens with one attached hydrogen (secondary N) is 3. The van der Waals surface area contributed by atoms with Gasteiger partial charge in [-0.2, -0.15) is 4.31 Å². The molecular formula is C32H45N5O5S2. The number of fused-ring (bicyclic) bond motifs is 1. The number of sulfonamides is 1. The van der Waals surface area contributed by atoms with Crippen molar-refractivity contribution in [2.24, 2.45) is 0 Å². The molecule has 0 radical (unpaired) electrons. The average Bonchev–Trinajstić information content (AvgIpc) is 3.38. The zero-order chi connectivity index (χ0) is 31.4. The van der Waals surface area contributed by atoms with Crippen molar-refractivity contribution in [2.45, 2.75) is 121 Å². The van der Waals surface area contributed by atoms with Gasteiger partial charge in [-0.25, -0.2) is 8.42 Å². The molecule has 0 saturated heterocycles. The lowest BCUT2D eigenvalue weighted by atomic mass is 9.91. The quantitative estimate of drug-likeness (QED) is 0.339. The number of anilines is 1. The molecule has 1 aromatic heterocycles. The van der Waals surface area contributed by atoms with Crippen LogP contribution in [0.25, 0.3) is 0 Å². The fourth-order valence-corrected chi connectivity index (χ4v) is 10.0. The molecular weight excluding hydrogens is 599 g/mol. The summed E-state index contributed by atoms with van der Waals surface area (Å²) >= 11 is 1.36. The van der Waals surface area contributed by atoms with Crippen molar-refractivity contribution in [1.29, 1.82) is 0 Å². The Morgan fingerprint density at radius 1 is 0.886 bits per heavy atom. The van der Waals surface area contributed by atoms with E-state index in [2.05, 4.69) is 34.9 Å². The van der Waals surface area contributed by atoms with Crippen molar-refractivity contribution in [3.8, 4) is 0 Å². The molecule has 2 aliphatic carbocycles. The first kappa shape index (κ1) is 32.6. The van der Waals surface area contributed by atoms with Gasteiger partial charge < -0.3 is 5.32 Å². The number of hydrazine groups is 1. The maximum Gasteiger partial charge on any atom is 0.272 e. The van der Waals surface area contributed by atoms with Crippen LogP contribution in [0.2, 0.25) is 0 Å². The van der Waals surface area contributed by atoms with E-state index < -0.39 is 27.7 Å². The average molecular weight is 644 g/mol. The van der Waals surface area contributed by atoms with Gasteiger partial charge in [0.2, 0.25) is 15.9 Å². The van der Waals surface area contributed by atoms with Gasteiger partial charge in [-0.15, -0.1) is 11.3 Å². The summed E-state index contributed by atoms with van der Waals surface area (Å²) in [5, 5.41) is 3.32. The first-order chi connectivity index (χ1) is 21.1. The van der Waals surface area contributed by atoms with Crippen LogP contribution in [0.15, 0.2) is 29.2 Å². The molecule has 1 aromatic carbocycles. The predicted octanol–water partition coefficient (Wildman–Crippen LogP) is 5.20. The van der Waals surface area contributed by atoms with Gasteiger partial charge in [0, 0.05) is 48.6 Å². The third-order valence-corrected chi connectivity index (χ3v) is 12.3. The molecule has 5 rings (SSSR count). The smallest absolute Gasteiger partial charge is 0.272 e.